The quantitative estimate of drug-likeness (QED) is 0.669. The highest BCUT2D eigenvalue weighted by Gasteiger charge is 2.14. The normalized spacial score (nSPS) is 10.9. The number of benzene rings is 2. The summed E-state index contributed by atoms with van der Waals surface area (Å²) in [6, 6.07) is 8.86. The van der Waals surface area contributed by atoms with E-state index in [4.69, 9.17) is 21.1 Å². The van der Waals surface area contributed by atoms with Crippen LogP contribution >= 0.6 is 22.9 Å². The lowest BCUT2D eigenvalue weighted by Crippen LogP contribution is -2.04. The second-order valence-electron chi connectivity index (χ2n) is 4.25. The van der Waals surface area contributed by atoms with Crippen molar-refractivity contribution < 1.29 is 9.47 Å². The molecule has 0 aliphatic rings. The molecule has 3 aromatic rings. The van der Waals surface area contributed by atoms with Crippen molar-refractivity contribution in [1.82, 2.24) is 0 Å². The van der Waals surface area contributed by atoms with E-state index in [9.17, 15) is 4.79 Å². The Labute approximate surface area is 124 Å². The van der Waals surface area contributed by atoms with Gasteiger partial charge in [-0.2, -0.15) is 0 Å². The molecule has 0 spiro atoms. The Hall–Kier alpha value is -1.78. The van der Waals surface area contributed by atoms with Gasteiger partial charge in [-0.05, 0) is 30.3 Å². The summed E-state index contributed by atoms with van der Waals surface area (Å²) < 4.78 is 12.3. The van der Waals surface area contributed by atoms with Crippen molar-refractivity contribution in [1.29, 1.82) is 0 Å². The van der Waals surface area contributed by atoms with Crippen LogP contribution in [0.1, 0.15) is 0 Å². The van der Waals surface area contributed by atoms with E-state index in [1.807, 2.05) is 6.07 Å². The first-order valence-corrected chi connectivity index (χ1v) is 7.12. The summed E-state index contributed by atoms with van der Waals surface area (Å²) in [6.45, 7) is 0. The first kappa shape index (κ1) is 13.2. The predicted molar refractivity (Wildman–Crippen MR) is 83.7 cm³/mol. The second-order valence-corrected chi connectivity index (χ2v) is 5.73. The molecule has 0 amide bonds. The maximum atomic E-state index is 12.7. The van der Waals surface area contributed by atoms with Crippen molar-refractivity contribution in [2.75, 3.05) is 14.2 Å². The Morgan fingerprint density at radius 1 is 1.05 bits per heavy atom. The summed E-state index contributed by atoms with van der Waals surface area (Å²) >= 11 is 7.48. The van der Waals surface area contributed by atoms with Gasteiger partial charge in [-0.15, -0.1) is 11.3 Å². The Morgan fingerprint density at radius 3 is 2.45 bits per heavy atom. The molecule has 3 nitrogen and oxygen atoms in total. The zero-order valence-corrected chi connectivity index (χ0v) is 12.5. The minimum absolute atomic E-state index is 0.0907. The van der Waals surface area contributed by atoms with Crippen molar-refractivity contribution in [2.45, 2.75) is 0 Å². The lowest BCUT2D eigenvalue weighted by Gasteiger charge is -2.09. The van der Waals surface area contributed by atoms with Gasteiger partial charge in [0.1, 0.15) is 11.5 Å². The van der Waals surface area contributed by atoms with Gasteiger partial charge >= 0.3 is 0 Å². The average Bonchev–Trinajstić information content (AvgIpc) is 2.47. The fourth-order valence-electron chi connectivity index (χ4n) is 2.21. The van der Waals surface area contributed by atoms with Crippen LogP contribution < -0.4 is 14.9 Å². The molecule has 0 bridgehead atoms. The Bertz CT molecular complexity index is 870. The topological polar surface area (TPSA) is 35.5 Å². The molecule has 20 heavy (non-hydrogen) atoms. The van der Waals surface area contributed by atoms with Crippen molar-refractivity contribution in [3.05, 3.63) is 45.6 Å². The average molecular weight is 307 g/mol. The third kappa shape index (κ3) is 1.92. The molecule has 0 unspecified atom stereocenters. The number of ether oxygens (including phenoxy) is 2. The van der Waals surface area contributed by atoms with Gasteiger partial charge in [-0.3, -0.25) is 4.79 Å². The molecule has 2 aromatic carbocycles. The first-order chi connectivity index (χ1) is 9.65. The van der Waals surface area contributed by atoms with Gasteiger partial charge in [0.15, 0.2) is 5.43 Å². The van der Waals surface area contributed by atoms with Crippen LogP contribution in [0, 0.1) is 0 Å². The van der Waals surface area contributed by atoms with E-state index in [0.717, 1.165) is 9.40 Å². The van der Waals surface area contributed by atoms with Crippen LogP contribution in [0.5, 0.6) is 11.5 Å². The molecule has 0 saturated heterocycles. The summed E-state index contributed by atoms with van der Waals surface area (Å²) in [6.07, 6.45) is 0. The number of halogens is 1. The zero-order chi connectivity index (χ0) is 14.3. The zero-order valence-electron chi connectivity index (χ0n) is 10.9. The molecular weight excluding hydrogens is 296 g/mol. The molecule has 5 heteroatoms. The highest BCUT2D eigenvalue weighted by atomic mass is 35.5. The van der Waals surface area contributed by atoms with Gasteiger partial charge in [-0.1, -0.05) is 11.6 Å². The van der Waals surface area contributed by atoms with E-state index in [-0.39, 0.29) is 5.43 Å². The second kappa shape index (κ2) is 4.96. The van der Waals surface area contributed by atoms with E-state index in [0.29, 0.717) is 27.3 Å². The fourth-order valence-corrected chi connectivity index (χ4v) is 3.54. The smallest absolute Gasteiger partial charge is 0.199 e. The third-order valence-electron chi connectivity index (χ3n) is 3.15. The van der Waals surface area contributed by atoms with Crippen LogP contribution in [0.3, 0.4) is 0 Å². The van der Waals surface area contributed by atoms with E-state index < -0.39 is 0 Å². The number of rotatable bonds is 2. The SMILES string of the molecule is COc1ccc(OC)c2c(=O)c3cc(Cl)ccc3sc12. The van der Waals surface area contributed by atoms with Crippen molar-refractivity contribution >= 4 is 43.1 Å². The number of fused-ring (bicyclic) bond motifs is 2. The summed E-state index contributed by atoms with van der Waals surface area (Å²) in [5, 5.41) is 1.68. The summed E-state index contributed by atoms with van der Waals surface area (Å²) in [5.74, 6) is 1.21. The maximum Gasteiger partial charge on any atom is 0.199 e. The number of hydrogen-bond acceptors (Lipinski definition) is 4. The molecule has 1 heterocycles. The van der Waals surface area contributed by atoms with E-state index in [2.05, 4.69) is 0 Å². The highest BCUT2D eigenvalue weighted by Crippen LogP contribution is 2.37. The van der Waals surface area contributed by atoms with Gasteiger partial charge in [0.25, 0.3) is 0 Å². The van der Waals surface area contributed by atoms with E-state index in [1.165, 1.54) is 11.3 Å². The Morgan fingerprint density at radius 2 is 1.75 bits per heavy atom. The monoisotopic (exact) mass is 306 g/mol. The van der Waals surface area contributed by atoms with E-state index in [1.54, 1.807) is 38.5 Å². The van der Waals surface area contributed by atoms with Crippen molar-refractivity contribution in [3.8, 4) is 11.5 Å². The van der Waals surface area contributed by atoms with Crippen LogP contribution in [0.2, 0.25) is 5.02 Å². The summed E-state index contributed by atoms with van der Waals surface area (Å²) in [7, 11) is 3.14. The molecule has 0 N–H and O–H groups in total. The van der Waals surface area contributed by atoms with Crippen LogP contribution in [-0.4, -0.2) is 14.2 Å². The summed E-state index contributed by atoms with van der Waals surface area (Å²) in [4.78, 5) is 12.7. The van der Waals surface area contributed by atoms with Gasteiger partial charge in [-0.25, -0.2) is 0 Å². The van der Waals surface area contributed by atoms with Crippen LogP contribution in [-0.2, 0) is 0 Å². The molecule has 0 aliphatic carbocycles. The lowest BCUT2D eigenvalue weighted by molar-refractivity contribution is 0.411. The Kier molecular flexibility index (Phi) is 3.28. The molecule has 0 aliphatic heterocycles. The maximum absolute atomic E-state index is 12.7. The van der Waals surface area contributed by atoms with Gasteiger partial charge < -0.3 is 9.47 Å². The highest BCUT2D eigenvalue weighted by molar-refractivity contribution is 7.25. The molecule has 1 aromatic heterocycles. The summed E-state index contributed by atoms with van der Waals surface area (Å²) in [5.41, 5.74) is -0.0907. The van der Waals surface area contributed by atoms with Gasteiger partial charge in [0.05, 0.1) is 24.3 Å². The fraction of sp³-hybridized carbons (Fsp3) is 0.133. The van der Waals surface area contributed by atoms with Gasteiger partial charge in [0.2, 0.25) is 0 Å². The molecular formula is C15H11ClO3S. The minimum Gasteiger partial charge on any atom is -0.496 e. The van der Waals surface area contributed by atoms with Crippen molar-refractivity contribution in [3.63, 3.8) is 0 Å². The minimum atomic E-state index is -0.0907. The van der Waals surface area contributed by atoms with E-state index >= 15 is 0 Å². The standard InChI is InChI=1S/C15H11ClO3S/c1-18-10-4-5-11(19-2)15-13(10)14(17)9-7-8(16)3-6-12(9)20-15/h3-7H,1-2H3. The molecule has 0 radical (unpaired) electrons. The van der Waals surface area contributed by atoms with Crippen LogP contribution in [0.15, 0.2) is 35.1 Å². The van der Waals surface area contributed by atoms with Gasteiger partial charge in [0, 0.05) is 15.1 Å². The molecule has 0 saturated carbocycles. The largest absolute Gasteiger partial charge is 0.496 e. The predicted octanol–water partition coefficient (Wildman–Crippen LogP) is 4.09. The number of methoxy groups -OCH3 is 2. The molecule has 0 atom stereocenters. The van der Waals surface area contributed by atoms with Crippen LogP contribution in [0.4, 0.5) is 0 Å². The van der Waals surface area contributed by atoms with Crippen LogP contribution in [0.25, 0.3) is 20.2 Å². The van der Waals surface area contributed by atoms with Crippen molar-refractivity contribution in [2.24, 2.45) is 0 Å². The number of hydrogen-bond donors (Lipinski definition) is 0. The molecule has 3 rings (SSSR count). The molecule has 102 valence electrons. The first-order valence-electron chi connectivity index (χ1n) is 5.92. The lowest BCUT2D eigenvalue weighted by atomic mass is 10.1. The molecule has 0 fully saturated rings. The third-order valence-corrected chi connectivity index (χ3v) is 4.57. The Balaban J connectivity index is 2.58.